The first-order chi connectivity index (χ1) is 13.8. The van der Waals surface area contributed by atoms with E-state index in [0.29, 0.717) is 28.1 Å². The van der Waals surface area contributed by atoms with Crippen LogP contribution in [0.1, 0.15) is 32.2 Å². The minimum absolute atomic E-state index is 0.0674. The van der Waals surface area contributed by atoms with Gasteiger partial charge in [0.1, 0.15) is 12.3 Å². The van der Waals surface area contributed by atoms with Crippen molar-refractivity contribution >= 4 is 17.5 Å². The Labute approximate surface area is 175 Å². The van der Waals surface area contributed by atoms with Gasteiger partial charge in [-0.05, 0) is 52.0 Å². The molecule has 6 nitrogen and oxygen atoms in total. The quantitative estimate of drug-likeness (QED) is 0.550. The van der Waals surface area contributed by atoms with E-state index in [1.807, 2.05) is 63.2 Å². The largest absolute Gasteiger partial charge is 0.481 e. The standard InChI is InChI=1S/C22H24ClN3O3/c1-14(2)26(22(27)16(4)28-17-11-9-15(3)10-12-17)13-20-24-21(25-29-20)18-7-5-6-8-19(18)23/h5-12,14,16H,13H2,1-4H3. The van der Waals surface area contributed by atoms with E-state index >= 15 is 0 Å². The highest BCUT2D eigenvalue weighted by atomic mass is 35.5. The van der Waals surface area contributed by atoms with Gasteiger partial charge in [-0.1, -0.05) is 46.6 Å². The molecule has 0 aliphatic heterocycles. The maximum Gasteiger partial charge on any atom is 0.264 e. The minimum atomic E-state index is -0.647. The highest BCUT2D eigenvalue weighted by Gasteiger charge is 2.26. The number of amides is 1. The third-order valence-corrected chi connectivity index (χ3v) is 4.81. The molecule has 0 radical (unpaired) electrons. The van der Waals surface area contributed by atoms with Crippen LogP contribution in [0.4, 0.5) is 0 Å². The van der Waals surface area contributed by atoms with E-state index in [0.717, 1.165) is 5.56 Å². The lowest BCUT2D eigenvalue weighted by Gasteiger charge is -2.28. The molecule has 0 saturated heterocycles. The maximum atomic E-state index is 13.0. The fraction of sp³-hybridized carbons (Fsp3) is 0.318. The number of rotatable bonds is 7. The summed E-state index contributed by atoms with van der Waals surface area (Å²) in [6.07, 6.45) is -0.647. The first-order valence-corrected chi connectivity index (χ1v) is 9.84. The Hall–Kier alpha value is -2.86. The maximum absolute atomic E-state index is 13.0. The van der Waals surface area contributed by atoms with Gasteiger partial charge in [-0.2, -0.15) is 4.98 Å². The summed E-state index contributed by atoms with van der Waals surface area (Å²) in [7, 11) is 0. The van der Waals surface area contributed by atoms with Crippen molar-refractivity contribution in [2.45, 2.75) is 46.4 Å². The molecule has 3 rings (SSSR count). The number of carbonyl (C=O) groups is 1. The monoisotopic (exact) mass is 413 g/mol. The van der Waals surface area contributed by atoms with Gasteiger partial charge in [-0.15, -0.1) is 0 Å². The summed E-state index contributed by atoms with van der Waals surface area (Å²) < 4.78 is 11.2. The normalized spacial score (nSPS) is 12.1. The zero-order chi connectivity index (χ0) is 21.0. The van der Waals surface area contributed by atoms with Crippen LogP contribution in [0.25, 0.3) is 11.4 Å². The van der Waals surface area contributed by atoms with Gasteiger partial charge in [0.05, 0.1) is 5.02 Å². The van der Waals surface area contributed by atoms with E-state index in [9.17, 15) is 4.79 Å². The number of ether oxygens (including phenoxy) is 1. The molecule has 29 heavy (non-hydrogen) atoms. The molecule has 7 heteroatoms. The average molecular weight is 414 g/mol. The Morgan fingerprint density at radius 2 is 1.83 bits per heavy atom. The van der Waals surface area contributed by atoms with Gasteiger partial charge in [-0.25, -0.2) is 0 Å². The van der Waals surface area contributed by atoms with Gasteiger partial charge in [0.25, 0.3) is 5.91 Å². The average Bonchev–Trinajstić information content (AvgIpc) is 3.16. The molecule has 0 bridgehead atoms. The highest BCUT2D eigenvalue weighted by molar-refractivity contribution is 6.33. The Morgan fingerprint density at radius 3 is 2.48 bits per heavy atom. The van der Waals surface area contributed by atoms with Gasteiger partial charge in [-0.3, -0.25) is 4.79 Å². The third-order valence-electron chi connectivity index (χ3n) is 4.48. The van der Waals surface area contributed by atoms with Gasteiger partial charge < -0.3 is 14.2 Å². The number of carbonyl (C=O) groups excluding carboxylic acids is 1. The number of aryl methyl sites for hydroxylation is 1. The minimum Gasteiger partial charge on any atom is -0.481 e. The predicted octanol–water partition coefficient (Wildman–Crippen LogP) is 4.90. The summed E-state index contributed by atoms with van der Waals surface area (Å²) in [5.74, 6) is 1.23. The molecular weight excluding hydrogens is 390 g/mol. The molecule has 0 spiro atoms. The summed E-state index contributed by atoms with van der Waals surface area (Å²) in [5, 5.41) is 4.54. The van der Waals surface area contributed by atoms with Crippen LogP contribution in [0.15, 0.2) is 53.1 Å². The first kappa shape index (κ1) is 20.9. The Balaban J connectivity index is 1.72. The summed E-state index contributed by atoms with van der Waals surface area (Å²) >= 11 is 6.20. The van der Waals surface area contributed by atoms with Crippen LogP contribution in [0, 0.1) is 6.92 Å². The lowest BCUT2D eigenvalue weighted by atomic mass is 10.2. The third kappa shape index (κ3) is 5.15. The van der Waals surface area contributed by atoms with E-state index in [1.54, 1.807) is 17.9 Å². The lowest BCUT2D eigenvalue weighted by molar-refractivity contribution is -0.140. The van der Waals surface area contributed by atoms with Crippen molar-refractivity contribution in [2.75, 3.05) is 0 Å². The van der Waals surface area contributed by atoms with Gasteiger partial charge >= 0.3 is 0 Å². The second kappa shape index (κ2) is 9.09. The van der Waals surface area contributed by atoms with E-state index in [4.69, 9.17) is 20.9 Å². The molecule has 0 aliphatic carbocycles. The topological polar surface area (TPSA) is 68.5 Å². The highest BCUT2D eigenvalue weighted by Crippen LogP contribution is 2.25. The van der Waals surface area contributed by atoms with Crippen molar-refractivity contribution in [3.63, 3.8) is 0 Å². The number of nitrogens with zero attached hydrogens (tertiary/aromatic N) is 3. The number of benzene rings is 2. The molecule has 0 N–H and O–H groups in total. The molecule has 2 aromatic carbocycles. The van der Waals surface area contributed by atoms with E-state index < -0.39 is 6.10 Å². The number of aromatic nitrogens is 2. The summed E-state index contributed by atoms with van der Waals surface area (Å²) in [4.78, 5) is 19.0. The zero-order valence-electron chi connectivity index (χ0n) is 16.9. The predicted molar refractivity (Wildman–Crippen MR) is 112 cm³/mol. The van der Waals surface area contributed by atoms with Crippen LogP contribution in [-0.2, 0) is 11.3 Å². The first-order valence-electron chi connectivity index (χ1n) is 9.46. The molecule has 1 aromatic heterocycles. The second-order valence-electron chi connectivity index (χ2n) is 7.12. The molecule has 0 saturated carbocycles. The van der Waals surface area contributed by atoms with Crippen molar-refractivity contribution in [3.8, 4) is 17.1 Å². The molecule has 1 heterocycles. The molecule has 1 atom stereocenters. The van der Waals surface area contributed by atoms with Crippen molar-refractivity contribution in [1.82, 2.24) is 15.0 Å². The Bertz CT molecular complexity index is 969. The molecular formula is C22H24ClN3O3. The van der Waals surface area contributed by atoms with Crippen LogP contribution >= 0.6 is 11.6 Å². The summed E-state index contributed by atoms with van der Waals surface area (Å²) in [6.45, 7) is 7.79. The molecule has 0 fully saturated rings. The van der Waals surface area contributed by atoms with E-state index in [-0.39, 0.29) is 18.5 Å². The smallest absolute Gasteiger partial charge is 0.264 e. The van der Waals surface area contributed by atoms with Crippen LogP contribution in [0.3, 0.4) is 0 Å². The number of halogens is 1. The van der Waals surface area contributed by atoms with Gasteiger partial charge in [0.15, 0.2) is 6.10 Å². The zero-order valence-corrected chi connectivity index (χ0v) is 17.7. The lowest BCUT2D eigenvalue weighted by Crippen LogP contribution is -2.43. The fourth-order valence-corrected chi connectivity index (χ4v) is 3.06. The van der Waals surface area contributed by atoms with Crippen molar-refractivity contribution in [1.29, 1.82) is 0 Å². The molecule has 1 unspecified atom stereocenters. The van der Waals surface area contributed by atoms with Gasteiger partial charge in [0, 0.05) is 11.6 Å². The van der Waals surface area contributed by atoms with Crippen molar-refractivity contribution in [3.05, 3.63) is 65.0 Å². The molecule has 3 aromatic rings. The molecule has 1 amide bonds. The second-order valence-corrected chi connectivity index (χ2v) is 7.53. The Morgan fingerprint density at radius 1 is 1.14 bits per heavy atom. The summed E-state index contributed by atoms with van der Waals surface area (Å²) in [5.41, 5.74) is 1.81. The molecule has 152 valence electrons. The van der Waals surface area contributed by atoms with Crippen molar-refractivity contribution in [2.24, 2.45) is 0 Å². The van der Waals surface area contributed by atoms with E-state index in [1.165, 1.54) is 0 Å². The number of hydrogen-bond donors (Lipinski definition) is 0. The van der Waals surface area contributed by atoms with E-state index in [2.05, 4.69) is 10.1 Å². The van der Waals surface area contributed by atoms with Crippen LogP contribution in [0.2, 0.25) is 5.02 Å². The molecule has 0 aliphatic rings. The van der Waals surface area contributed by atoms with Crippen molar-refractivity contribution < 1.29 is 14.1 Å². The van der Waals surface area contributed by atoms with Crippen LogP contribution in [-0.4, -0.2) is 33.1 Å². The summed E-state index contributed by atoms with van der Waals surface area (Å²) in [6, 6.07) is 14.8. The fourth-order valence-electron chi connectivity index (χ4n) is 2.84. The van der Waals surface area contributed by atoms with Crippen LogP contribution in [0.5, 0.6) is 5.75 Å². The van der Waals surface area contributed by atoms with Crippen LogP contribution < -0.4 is 4.74 Å². The Kier molecular flexibility index (Phi) is 6.54. The van der Waals surface area contributed by atoms with Gasteiger partial charge in [0.2, 0.25) is 11.7 Å². The number of hydrogen-bond acceptors (Lipinski definition) is 5. The SMILES string of the molecule is Cc1ccc(OC(C)C(=O)N(Cc2nc(-c3ccccc3Cl)no2)C(C)C)cc1.